The maximum absolute atomic E-state index is 13.1. The van der Waals surface area contributed by atoms with Crippen molar-refractivity contribution in [1.29, 1.82) is 0 Å². The zero-order chi connectivity index (χ0) is 28.0. The SMILES string of the molecule is CC1(C)CCc2ncnc(N3CCOc4ccc(-c5cnc(N)c(S(=O)(=O)NC(C)(C)CO)c5)cc4C3)c2C1. The number of aliphatic hydroxyl groups excluding tert-OH is 1. The quantitative estimate of drug-likeness (QED) is 0.420. The van der Waals surface area contributed by atoms with E-state index in [4.69, 9.17) is 15.5 Å². The standard InChI is InChI=1S/C28H36N6O4S/c1-27(2)8-7-22-21(13-27)26(32-17-31-22)34-9-10-38-23-6-5-18(11-20(23)15-34)19-12-24(25(29)30-14-19)39(36,37)33-28(3,4)16-35/h5-6,11-12,14,17,33,35H,7-10,13,15-16H2,1-4H3,(H2,29,30). The highest BCUT2D eigenvalue weighted by Crippen LogP contribution is 2.39. The lowest BCUT2D eigenvalue weighted by Crippen LogP contribution is -2.46. The molecule has 2 aliphatic rings. The number of hydrogen-bond acceptors (Lipinski definition) is 9. The van der Waals surface area contributed by atoms with E-state index in [0.717, 1.165) is 47.7 Å². The largest absolute Gasteiger partial charge is 0.491 e. The molecule has 0 fully saturated rings. The minimum Gasteiger partial charge on any atom is -0.491 e. The van der Waals surface area contributed by atoms with Crippen LogP contribution in [0.2, 0.25) is 0 Å². The molecule has 0 saturated carbocycles. The number of fused-ring (bicyclic) bond motifs is 2. The van der Waals surface area contributed by atoms with E-state index in [-0.39, 0.29) is 22.7 Å². The first kappa shape index (κ1) is 27.3. The molecule has 0 atom stereocenters. The highest BCUT2D eigenvalue weighted by atomic mass is 32.2. The number of benzene rings is 1. The third-order valence-electron chi connectivity index (χ3n) is 7.36. The van der Waals surface area contributed by atoms with E-state index in [1.165, 1.54) is 11.6 Å². The van der Waals surface area contributed by atoms with Crippen molar-refractivity contribution in [2.75, 3.05) is 30.4 Å². The van der Waals surface area contributed by atoms with E-state index in [1.807, 2.05) is 18.2 Å². The second-order valence-electron chi connectivity index (χ2n) is 11.8. The molecular weight excluding hydrogens is 516 g/mol. The van der Waals surface area contributed by atoms with Gasteiger partial charge in [0.1, 0.15) is 35.2 Å². The van der Waals surface area contributed by atoms with Crippen molar-refractivity contribution in [2.45, 2.75) is 63.9 Å². The van der Waals surface area contributed by atoms with Crippen LogP contribution in [0.5, 0.6) is 5.75 Å². The molecule has 4 N–H and O–H groups in total. The molecule has 0 amide bonds. The van der Waals surface area contributed by atoms with Gasteiger partial charge in [-0.2, -0.15) is 0 Å². The molecule has 39 heavy (non-hydrogen) atoms. The van der Waals surface area contributed by atoms with Gasteiger partial charge in [0.05, 0.1) is 18.7 Å². The summed E-state index contributed by atoms with van der Waals surface area (Å²) >= 11 is 0. The minimum absolute atomic E-state index is 0.110. The first-order chi connectivity index (χ1) is 18.4. The van der Waals surface area contributed by atoms with Crippen molar-refractivity contribution in [2.24, 2.45) is 5.41 Å². The predicted molar refractivity (Wildman–Crippen MR) is 150 cm³/mol. The van der Waals surface area contributed by atoms with Crippen molar-refractivity contribution in [3.05, 3.63) is 53.6 Å². The Morgan fingerprint density at radius 2 is 1.97 bits per heavy atom. The molecule has 2 aromatic heterocycles. The molecule has 10 nitrogen and oxygen atoms in total. The van der Waals surface area contributed by atoms with Crippen molar-refractivity contribution in [3.63, 3.8) is 0 Å². The van der Waals surface area contributed by atoms with Crippen molar-refractivity contribution >= 4 is 21.7 Å². The Kier molecular flexibility index (Phi) is 7.02. The van der Waals surface area contributed by atoms with Crippen LogP contribution in [0.3, 0.4) is 0 Å². The Morgan fingerprint density at radius 1 is 1.18 bits per heavy atom. The van der Waals surface area contributed by atoms with Gasteiger partial charge in [0, 0.05) is 35.1 Å². The van der Waals surface area contributed by atoms with Gasteiger partial charge in [-0.3, -0.25) is 0 Å². The first-order valence-corrected chi connectivity index (χ1v) is 14.6. The van der Waals surface area contributed by atoms with Crippen molar-refractivity contribution in [3.8, 4) is 16.9 Å². The summed E-state index contributed by atoms with van der Waals surface area (Å²) in [5.74, 6) is 1.63. The smallest absolute Gasteiger partial charge is 0.244 e. The molecular formula is C28H36N6O4S. The second kappa shape index (κ2) is 10.0. The number of ether oxygens (including phenoxy) is 1. The maximum Gasteiger partial charge on any atom is 0.244 e. The van der Waals surface area contributed by atoms with Gasteiger partial charge in [0.2, 0.25) is 10.0 Å². The van der Waals surface area contributed by atoms with E-state index < -0.39 is 15.6 Å². The number of sulfonamides is 1. The molecule has 0 unspecified atom stereocenters. The van der Waals surface area contributed by atoms with Gasteiger partial charge in [-0.15, -0.1) is 0 Å². The van der Waals surface area contributed by atoms with Gasteiger partial charge in [0.25, 0.3) is 0 Å². The Labute approximate surface area is 229 Å². The van der Waals surface area contributed by atoms with E-state index in [1.54, 1.807) is 26.4 Å². The lowest BCUT2D eigenvalue weighted by Gasteiger charge is -2.33. The van der Waals surface area contributed by atoms with Crippen LogP contribution in [0.15, 0.2) is 41.7 Å². The summed E-state index contributed by atoms with van der Waals surface area (Å²) in [5, 5.41) is 9.54. The van der Waals surface area contributed by atoms with Gasteiger partial charge >= 0.3 is 0 Å². The molecule has 5 rings (SSSR count). The van der Waals surface area contributed by atoms with Gasteiger partial charge in [-0.05, 0) is 62.3 Å². The Balaban J connectivity index is 1.48. The summed E-state index contributed by atoms with van der Waals surface area (Å²) in [6, 6.07) is 7.31. The summed E-state index contributed by atoms with van der Waals surface area (Å²) < 4.78 is 34.7. The van der Waals surface area contributed by atoms with Crippen LogP contribution < -0.4 is 20.1 Å². The summed E-state index contributed by atoms with van der Waals surface area (Å²) in [4.78, 5) is 15.6. The van der Waals surface area contributed by atoms with Crippen molar-refractivity contribution < 1.29 is 18.3 Å². The predicted octanol–water partition coefficient (Wildman–Crippen LogP) is 3.08. The van der Waals surface area contributed by atoms with Crippen LogP contribution in [0, 0.1) is 5.41 Å². The molecule has 1 aliphatic carbocycles. The summed E-state index contributed by atoms with van der Waals surface area (Å²) in [7, 11) is -4.02. The monoisotopic (exact) mass is 552 g/mol. The molecule has 3 heterocycles. The summed E-state index contributed by atoms with van der Waals surface area (Å²) in [6.07, 6.45) is 6.20. The maximum atomic E-state index is 13.1. The molecule has 1 aliphatic heterocycles. The number of aromatic nitrogens is 3. The zero-order valence-corrected chi connectivity index (χ0v) is 23.7. The Morgan fingerprint density at radius 3 is 2.74 bits per heavy atom. The Hall–Kier alpha value is -3.28. The van der Waals surface area contributed by atoms with Crippen molar-refractivity contribution in [1.82, 2.24) is 19.7 Å². The van der Waals surface area contributed by atoms with Crippen LogP contribution in [0.1, 0.15) is 50.9 Å². The van der Waals surface area contributed by atoms with E-state index in [9.17, 15) is 13.5 Å². The molecule has 0 bridgehead atoms. The molecule has 3 aromatic rings. The minimum atomic E-state index is -4.02. The van der Waals surface area contributed by atoms with Crippen LogP contribution in [0.4, 0.5) is 11.6 Å². The lowest BCUT2D eigenvalue weighted by molar-refractivity contribution is 0.208. The third-order valence-corrected chi connectivity index (χ3v) is 9.08. The number of hydrogen-bond donors (Lipinski definition) is 3. The van der Waals surface area contributed by atoms with Crippen LogP contribution in [-0.4, -0.2) is 53.8 Å². The number of rotatable bonds is 6. The van der Waals surface area contributed by atoms with Gasteiger partial charge < -0.3 is 20.5 Å². The topological polar surface area (TPSA) is 144 Å². The third kappa shape index (κ3) is 5.70. The normalized spacial score (nSPS) is 17.1. The number of aryl methyl sites for hydroxylation is 1. The fourth-order valence-corrected chi connectivity index (χ4v) is 6.68. The van der Waals surface area contributed by atoms with E-state index >= 15 is 0 Å². The molecule has 11 heteroatoms. The molecule has 0 radical (unpaired) electrons. The summed E-state index contributed by atoms with van der Waals surface area (Å²) in [6.45, 7) is 9.18. The fourth-order valence-electron chi connectivity index (χ4n) is 5.16. The average Bonchev–Trinajstić information content (AvgIpc) is 3.09. The lowest BCUT2D eigenvalue weighted by atomic mass is 9.76. The second-order valence-corrected chi connectivity index (χ2v) is 13.5. The molecule has 0 spiro atoms. The van der Waals surface area contributed by atoms with Crippen LogP contribution in [0.25, 0.3) is 11.1 Å². The summed E-state index contributed by atoms with van der Waals surface area (Å²) in [5.41, 5.74) is 9.80. The van der Waals surface area contributed by atoms with E-state index in [0.29, 0.717) is 25.3 Å². The number of nitrogens with zero attached hydrogens (tertiary/aromatic N) is 4. The molecule has 208 valence electrons. The van der Waals surface area contributed by atoms with Crippen LogP contribution >= 0.6 is 0 Å². The number of pyridine rings is 1. The first-order valence-electron chi connectivity index (χ1n) is 13.1. The number of nitrogens with one attached hydrogen (secondary N) is 1. The van der Waals surface area contributed by atoms with E-state index in [2.05, 4.69) is 33.4 Å². The highest BCUT2D eigenvalue weighted by Gasteiger charge is 2.31. The van der Waals surface area contributed by atoms with Crippen LogP contribution in [-0.2, 0) is 29.4 Å². The zero-order valence-electron chi connectivity index (χ0n) is 22.9. The number of anilines is 2. The average molecular weight is 553 g/mol. The molecule has 1 aromatic carbocycles. The number of nitrogen functional groups attached to an aromatic ring is 1. The van der Waals surface area contributed by atoms with Gasteiger partial charge in [-0.1, -0.05) is 19.9 Å². The Bertz CT molecular complexity index is 1510. The molecule has 0 saturated heterocycles. The van der Waals surface area contributed by atoms with Gasteiger partial charge in [-0.25, -0.2) is 28.1 Å². The number of nitrogens with two attached hydrogens (primary N) is 1. The highest BCUT2D eigenvalue weighted by molar-refractivity contribution is 7.89. The number of aliphatic hydroxyl groups is 1. The fraction of sp³-hybridized carbons (Fsp3) is 0.464. The van der Waals surface area contributed by atoms with Gasteiger partial charge in [0.15, 0.2) is 0 Å².